The zero-order chi connectivity index (χ0) is 9.42. The molecular formula is C9H6BrFO2. The fourth-order valence-electron chi connectivity index (χ4n) is 1.24. The van der Waals surface area contributed by atoms with Crippen molar-refractivity contribution in [3.63, 3.8) is 0 Å². The first-order valence-electron chi connectivity index (χ1n) is 3.69. The van der Waals surface area contributed by atoms with Crippen molar-refractivity contribution in [2.24, 2.45) is 0 Å². The Morgan fingerprint density at radius 1 is 1.46 bits per heavy atom. The predicted molar refractivity (Wildman–Crippen MR) is 49.8 cm³/mol. The lowest BCUT2D eigenvalue weighted by Gasteiger charge is -1.91. The van der Waals surface area contributed by atoms with Crippen LogP contribution < -0.4 is 0 Å². The first kappa shape index (κ1) is 8.72. The summed E-state index contributed by atoms with van der Waals surface area (Å²) in [5.41, 5.74) is 0.654. The number of hydrogen-bond acceptors (Lipinski definition) is 2. The lowest BCUT2D eigenvalue weighted by Crippen LogP contribution is -1.83. The van der Waals surface area contributed by atoms with Crippen LogP contribution in [0, 0.1) is 6.01 Å². The van der Waals surface area contributed by atoms with Crippen LogP contribution in [0.3, 0.4) is 0 Å². The monoisotopic (exact) mass is 244 g/mol. The van der Waals surface area contributed by atoms with Crippen LogP contribution in [0.1, 0.15) is 5.56 Å². The average molecular weight is 245 g/mol. The highest BCUT2D eigenvalue weighted by atomic mass is 79.9. The smallest absolute Gasteiger partial charge is 0.284 e. The van der Waals surface area contributed by atoms with Gasteiger partial charge in [0.05, 0.1) is 12.2 Å². The molecule has 0 radical (unpaired) electrons. The highest BCUT2D eigenvalue weighted by Crippen LogP contribution is 2.27. The van der Waals surface area contributed by atoms with Crippen molar-refractivity contribution in [1.29, 1.82) is 0 Å². The standard InChI is InChI=1S/C9H6BrFO2/c10-5-1-2-8-6(3-5)7(4-12)9(11)13-8/h1-3,12H,4H2. The van der Waals surface area contributed by atoms with Gasteiger partial charge in [0.15, 0.2) is 0 Å². The Balaban J connectivity index is 2.80. The molecule has 0 spiro atoms. The Morgan fingerprint density at radius 2 is 2.23 bits per heavy atom. The molecule has 0 saturated carbocycles. The van der Waals surface area contributed by atoms with Crippen molar-refractivity contribution in [3.05, 3.63) is 34.2 Å². The van der Waals surface area contributed by atoms with Crippen LogP contribution in [-0.4, -0.2) is 5.11 Å². The lowest BCUT2D eigenvalue weighted by atomic mass is 10.2. The number of furan rings is 1. The topological polar surface area (TPSA) is 33.4 Å². The molecule has 0 aliphatic heterocycles. The van der Waals surface area contributed by atoms with E-state index >= 15 is 0 Å². The van der Waals surface area contributed by atoms with Crippen LogP contribution in [0.5, 0.6) is 0 Å². The molecule has 1 aromatic heterocycles. The van der Waals surface area contributed by atoms with Gasteiger partial charge in [-0.15, -0.1) is 0 Å². The third kappa shape index (κ3) is 1.36. The summed E-state index contributed by atoms with van der Waals surface area (Å²) in [5, 5.41) is 9.49. The van der Waals surface area contributed by atoms with Crippen LogP contribution in [0.2, 0.25) is 0 Å². The van der Waals surface area contributed by atoms with Crippen molar-refractivity contribution < 1.29 is 13.9 Å². The van der Waals surface area contributed by atoms with Gasteiger partial charge in [-0.3, -0.25) is 0 Å². The number of aliphatic hydroxyl groups excluding tert-OH is 1. The fraction of sp³-hybridized carbons (Fsp3) is 0.111. The molecular weight excluding hydrogens is 239 g/mol. The van der Waals surface area contributed by atoms with Crippen LogP contribution in [-0.2, 0) is 6.61 Å². The number of halogens is 2. The number of benzene rings is 1. The molecule has 13 heavy (non-hydrogen) atoms. The highest BCUT2D eigenvalue weighted by molar-refractivity contribution is 9.10. The third-order valence-corrected chi connectivity index (χ3v) is 2.35. The average Bonchev–Trinajstić information content (AvgIpc) is 2.40. The Bertz CT molecular complexity index is 450. The summed E-state index contributed by atoms with van der Waals surface area (Å²) < 4.78 is 18.6. The van der Waals surface area contributed by atoms with Gasteiger partial charge in [-0.05, 0) is 18.2 Å². The lowest BCUT2D eigenvalue weighted by molar-refractivity contribution is 0.265. The molecule has 0 saturated heterocycles. The molecule has 0 aliphatic carbocycles. The maximum absolute atomic E-state index is 13.0. The van der Waals surface area contributed by atoms with E-state index in [4.69, 9.17) is 9.52 Å². The maximum atomic E-state index is 13.0. The van der Waals surface area contributed by atoms with E-state index in [1.165, 1.54) is 0 Å². The van der Waals surface area contributed by atoms with Crippen molar-refractivity contribution in [2.75, 3.05) is 0 Å². The van der Waals surface area contributed by atoms with E-state index in [2.05, 4.69) is 15.9 Å². The van der Waals surface area contributed by atoms with Crippen LogP contribution in [0.4, 0.5) is 4.39 Å². The molecule has 2 nitrogen and oxygen atoms in total. The van der Waals surface area contributed by atoms with Gasteiger partial charge in [0.25, 0.3) is 6.01 Å². The molecule has 4 heteroatoms. The Kier molecular flexibility index (Phi) is 2.09. The summed E-state index contributed by atoms with van der Waals surface area (Å²) in [4.78, 5) is 0. The quantitative estimate of drug-likeness (QED) is 0.837. The molecule has 2 aromatic rings. The zero-order valence-corrected chi connectivity index (χ0v) is 8.14. The second-order valence-electron chi connectivity index (χ2n) is 2.65. The van der Waals surface area contributed by atoms with Gasteiger partial charge < -0.3 is 9.52 Å². The fourth-order valence-corrected chi connectivity index (χ4v) is 1.60. The van der Waals surface area contributed by atoms with Crippen LogP contribution in [0.25, 0.3) is 11.0 Å². The predicted octanol–water partition coefficient (Wildman–Crippen LogP) is 2.83. The first-order valence-corrected chi connectivity index (χ1v) is 4.49. The van der Waals surface area contributed by atoms with E-state index in [1.54, 1.807) is 18.2 Å². The molecule has 0 fully saturated rings. The van der Waals surface area contributed by atoms with E-state index < -0.39 is 6.01 Å². The minimum Gasteiger partial charge on any atom is -0.431 e. The van der Waals surface area contributed by atoms with Crippen molar-refractivity contribution in [3.8, 4) is 0 Å². The Morgan fingerprint density at radius 3 is 2.92 bits per heavy atom. The molecule has 1 N–H and O–H groups in total. The SMILES string of the molecule is OCc1c(F)oc2ccc(Br)cc12. The summed E-state index contributed by atoms with van der Waals surface area (Å²) in [6.45, 7) is -0.352. The van der Waals surface area contributed by atoms with Crippen LogP contribution in [0.15, 0.2) is 27.1 Å². The molecule has 68 valence electrons. The minimum absolute atomic E-state index is 0.205. The van der Waals surface area contributed by atoms with E-state index in [1.807, 2.05) is 0 Å². The number of aliphatic hydroxyl groups is 1. The van der Waals surface area contributed by atoms with E-state index in [-0.39, 0.29) is 12.2 Å². The normalized spacial score (nSPS) is 11.0. The zero-order valence-electron chi connectivity index (χ0n) is 6.55. The van der Waals surface area contributed by atoms with Gasteiger partial charge in [-0.25, -0.2) is 0 Å². The molecule has 0 unspecified atom stereocenters. The molecule has 0 atom stereocenters. The van der Waals surface area contributed by atoms with Gasteiger partial charge in [0.1, 0.15) is 5.58 Å². The molecule has 0 amide bonds. The molecule has 1 aromatic carbocycles. The second-order valence-corrected chi connectivity index (χ2v) is 3.57. The molecule has 2 rings (SSSR count). The van der Waals surface area contributed by atoms with E-state index in [9.17, 15) is 4.39 Å². The van der Waals surface area contributed by atoms with Crippen molar-refractivity contribution in [1.82, 2.24) is 0 Å². The van der Waals surface area contributed by atoms with Crippen molar-refractivity contribution in [2.45, 2.75) is 6.61 Å². The largest absolute Gasteiger partial charge is 0.431 e. The number of fused-ring (bicyclic) bond motifs is 1. The second kappa shape index (κ2) is 3.12. The van der Waals surface area contributed by atoms with Crippen molar-refractivity contribution >= 4 is 26.9 Å². The summed E-state index contributed by atoms with van der Waals surface area (Å²) in [5.74, 6) is 0. The van der Waals surface area contributed by atoms with E-state index in [0.29, 0.717) is 11.0 Å². The van der Waals surface area contributed by atoms with Gasteiger partial charge in [0, 0.05) is 9.86 Å². The summed E-state index contributed by atoms with van der Waals surface area (Å²) in [7, 11) is 0. The number of rotatable bonds is 1. The molecule has 0 aliphatic rings. The third-order valence-electron chi connectivity index (χ3n) is 1.86. The summed E-state index contributed by atoms with van der Waals surface area (Å²) in [6, 6.07) is 4.41. The van der Waals surface area contributed by atoms with Gasteiger partial charge in [-0.1, -0.05) is 15.9 Å². The van der Waals surface area contributed by atoms with Gasteiger partial charge in [-0.2, -0.15) is 4.39 Å². The summed E-state index contributed by atoms with van der Waals surface area (Å²) in [6.07, 6.45) is 0. The molecule has 0 bridgehead atoms. The Hall–Kier alpha value is -0.870. The highest BCUT2D eigenvalue weighted by Gasteiger charge is 2.12. The van der Waals surface area contributed by atoms with Gasteiger partial charge in [0.2, 0.25) is 0 Å². The first-order chi connectivity index (χ1) is 6.22. The summed E-state index contributed by atoms with van der Waals surface area (Å²) >= 11 is 3.26. The Labute approximate surface area is 82.1 Å². The van der Waals surface area contributed by atoms with E-state index in [0.717, 1.165) is 4.47 Å². The maximum Gasteiger partial charge on any atom is 0.284 e. The van der Waals surface area contributed by atoms with Crippen LogP contribution >= 0.6 is 15.9 Å². The minimum atomic E-state index is -0.712. The van der Waals surface area contributed by atoms with Gasteiger partial charge >= 0.3 is 0 Å². The molecule has 1 heterocycles. The number of hydrogen-bond donors (Lipinski definition) is 1.